The molecule has 2 aromatic carbocycles. The number of rotatable bonds is 2. The zero-order valence-corrected chi connectivity index (χ0v) is 8.63. The van der Waals surface area contributed by atoms with Crippen molar-refractivity contribution in [2.75, 3.05) is 6.61 Å². The molecule has 0 saturated carbocycles. The molecule has 0 heterocycles. The van der Waals surface area contributed by atoms with Gasteiger partial charge in [-0.05, 0) is 10.8 Å². The molecule has 0 aliphatic rings. The maximum absolute atomic E-state index is 10.9. The van der Waals surface area contributed by atoms with Crippen LogP contribution in [0.25, 0.3) is 10.8 Å². The maximum atomic E-state index is 10.9. The molecule has 1 N–H and O–H groups in total. The van der Waals surface area contributed by atoms with Crippen molar-refractivity contribution in [2.24, 2.45) is 4.99 Å². The van der Waals surface area contributed by atoms with Crippen LogP contribution in [0.15, 0.2) is 47.5 Å². The van der Waals surface area contributed by atoms with E-state index in [2.05, 4.69) is 4.99 Å². The van der Waals surface area contributed by atoms with E-state index in [1.807, 2.05) is 42.5 Å². The Morgan fingerprint density at radius 3 is 2.75 bits per heavy atom. The number of aliphatic hydroxyl groups excluding tert-OH is 1. The maximum Gasteiger partial charge on any atom is 0.271 e. The van der Waals surface area contributed by atoms with Crippen LogP contribution in [0.2, 0.25) is 0 Å². The lowest BCUT2D eigenvalue weighted by molar-refractivity contribution is -0.120. The lowest BCUT2D eigenvalue weighted by atomic mass is 10.1. The summed E-state index contributed by atoms with van der Waals surface area (Å²) in [5, 5.41) is 10.7. The third-order valence-electron chi connectivity index (χ3n) is 2.31. The molecule has 0 aliphatic carbocycles. The monoisotopic (exact) mass is 213 g/mol. The second-order valence-electron chi connectivity index (χ2n) is 3.38. The Balaban J connectivity index is 2.45. The second-order valence-corrected chi connectivity index (χ2v) is 3.38. The van der Waals surface area contributed by atoms with E-state index in [-0.39, 0.29) is 0 Å². The molecule has 0 atom stereocenters. The molecule has 0 saturated heterocycles. The summed E-state index contributed by atoms with van der Waals surface area (Å²) in [5.74, 6) is -0.534. The summed E-state index contributed by atoms with van der Waals surface area (Å²) in [4.78, 5) is 14.5. The molecule has 0 fully saturated rings. The van der Waals surface area contributed by atoms with Crippen LogP contribution in [0.1, 0.15) is 5.56 Å². The Bertz CT molecular complexity index is 541. The summed E-state index contributed by atoms with van der Waals surface area (Å²) < 4.78 is 0. The lowest BCUT2D eigenvalue weighted by Gasteiger charge is -2.00. The Morgan fingerprint density at radius 1 is 1.19 bits per heavy atom. The molecule has 0 radical (unpaired) electrons. The van der Waals surface area contributed by atoms with Gasteiger partial charge in [-0.25, -0.2) is 4.99 Å². The van der Waals surface area contributed by atoms with E-state index < -0.39 is 12.5 Å². The van der Waals surface area contributed by atoms with Gasteiger partial charge < -0.3 is 5.11 Å². The molecule has 0 aromatic heterocycles. The van der Waals surface area contributed by atoms with Crippen LogP contribution in [-0.4, -0.2) is 23.8 Å². The smallest absolute Gasteiger partial charge is 0.271 e. The van der Waals surface area contributed by atoms with Crippen LogP contribution in [-0.2, 0) is 4.79 Å². The average molecular weight is 213 g/mol. The summed E-state index contributed by atoms with van der Waals surface area (Å²) in [6.07, 6.45) is 1.49. The third-order valence-corrected chi connectivity index (χ3v) is 2.31. The number of carbonyl (C=O) groups excluding carboxylic acids is 1. The fourth-order valence-corrected chi connectivity index (χ4v) is 1.55. The van der Waals surface area contributed by atoms with Gasteiger partial charge in [-0.15, -0.1) is 0 Å². The molecule has 3 nitrogen and oxygen atoms in total. The number of benzene rings is 2. The number of amides is 1. The van der Waals surface area contributed by atoms with Crippen molar-refractivity contribution < 1.29 is 9.90 Å². The average Bonchev–Trinajstić information content (AvgIpc) is 2.35. The van der Waals surface area contributed by atoms with Gasteiger partial charge in [-0.1, -0.05) is 42.5 Å². The van der Waals surface area contributed by atoms with Crippen LogP contribution in [0.5, 0.6) is 0 Å². The van der Waals surface area contributed by atoms with Crippen molar-refractivity contribution in [2.45, 2.75) is 0 Å². The highest BCUT2D eigenvalue weighted by Gasteiger charge is 1.98. The SMILES string of the molecule is O=C(CO)N=Cc1cccc2ccccc12. The fourth-order valence-electron chi connectivity index (χ4n) is 1.55. The number of aliphatic hydroxyl groups is 1. The number of hydrogen-bond donors (Lipinski definition) is 1. The topological polar surface area (TPSA) is 49.7 Å². The number of carbonyl (C=O) groups is 1. The first-order valence-corrected chi connectivity index (χ1v) is 4.97. The van der Waals surface area contributed by atoms with E-state index in [1.165, 1.54) is 6.21 Å². The van der Waals surface area contributed by atoms with Crippen molar-refractivity contribution in [3.05, 3.63) is 48.0 Å². The van der Waals surface area contributed by atoms with Crippen LogP contribution < -0.4 is 0 Å². The van der Waals surface area contributed by atoms with Crippen molar-refractivity contribution >= 4 is 22.9 Å². The van der Waals surface area contributed by atoms with E-state index in [0.29, 0.717) is 0 Å². The normalized spacial score (nSPS) is 11.1. The summed E-state index contributed by atoms with van der Waals surface area (Å²) in [7, 11) is 0. The zero-order valence-electron chi connectivity index (χ0n) is 8.63. The zero-order chi connectivity index (χ0) is 11.4. The highest BCUT2D eigenvalue weighted by Crippen LogP contribution is 2.16. The van der Waals surface area contributed by atoms with Crippen LogP contribution >= 0.6 is 0 Å². The van der Waals surface area contributed by atoms with Crippen molar-refractivity contribution in [1.82, 2.24) is 0 Å². The number of fused-ring (bicyclic) bond motifs is 1. The number of hydrogen-bond acceptors (Lipinski definition) is 2. The Morgan fingerprint density at radius 2 is 1.94 bits per heavy atom. The predicted molar refractivity (Wildman–Crippen MR) is 63.6 cm³/mol. The molecular formula is C13H11NO2. The highest BCUT2D eigenvalue weighted by atomic mass is 16.3. The predicted octanol–water partition coefficient (Wildman–Crippen LogP) is 1.78. The van der Waals surface area contributed by atoms with Crippen LogP contribution in [0.4, 0.5) is 0 Å². The van der Waals surface area contributed by atoms with E-state index in [4.69, 9.17) is 5.11 Å². The van der Waals surface area contributed by atoms with E-state index in [9.17, 15) is 4.79 Å². The van der Waals surface area contributed by atoms with E-state index in [0.717, 1.165) is 16.3 Å². The summed E-state index contributed by atoms with van der Waals surface area (Å²) in [6.45, 7) is -0.554. The number of nitrogens with zero attached hydrogens (tertiary/aromatic N) is 1. The highest BCUT2D eigenvalue weighted by molar-refractivity contribution is 6.02. The largest absolute Gasteiger partial charge is 0.386 e. The summed E-state index contributed by atoms with van der Waals surface area (Å²) in [6, 6.07) is 13.7. The molecule has 0 unspecified atom stereocenters. The molecular weight excluding hydrogens is 202 g/mol. The molecule has 0 spiro atoms. The van der Waals surface area contributed by atoms with E-state index in [1.54, 1.807) is 0 Å². The number of aliphatic imine (C=N–C) groups is 1. The molecule has 2 rings (SSSR count). The second kappa shape index (κ2) is 4.68. The van der Waals surface area contributed by atoms with Gasteiger partial charge in [0.25, 0.3) is 5.91 Å². The molecule has 2 aromatic rings. The third kappa shape index (κ3) is 2.15. The van der Waals surface area contributed by atoms with Gasteiger partial charge in [0.15, 0.2) is 0 Å². The van der Waals surface area contributed by atoms with E-state index >= 15 is 0 Å². The molecule has 0 aliphatic heterocycles. The molecule has 1 amide bonds. The molecule has 3 heteroatoms. The van der Waals surface area contributed by atoms with Gasteiger partial charge in [0.2, 0.25) is 0 Å². The van der Waals surface area contributed by atoms with Crippen molar-refractivity contribution in [3.63, 3.8) is 0 Å². The summed E-state index contributed by atoms with van der Waals surface area (Å²) in [5.41, 5.74) is 0.875. The Hall–Kier alpha value is -2.00. The van der Waals surface area contributed by atoms with Crippen molar-refractivity contribution in [1.29, 1.82) is 0 Å². The summed E-state index contributed by atoms with van der Waals surface area (Å²) >= 11 is 0. The standard InChI is InChI=1S/C13H11NO2/c15-9-13(16)14-8-11-6-3-5-10-4-1-2-7-12(10)11/h1-8,15H,9H2. The first-order chi connectivity index (χ1) is 7.81. The van der Waals surface area contributed by atoms with Crippen LogP contribution in [0.3, 0.4) is 0 Å². The van der Waals surface area contributed by atoms with Crippen LogP contribution in [0, 0.1) is 0 Å². The van der Waals surface area contributed by atoms with Gasteiger partial charge in [0.05, 0.1) is 0 Å². The molecule has 16 heavy (non-hydrogen) atoms. The Kier molecular flexibility index (Phi) is 3.08. The molecule has 80 valence electrons. The van der Waals surface area contributed by atoms with Gasteiger partial charge in [0.1, 0.15) is 6.61 Å². The Labute approximate surface area is 93.1 Å². The first-order valence-electron chi connectivity index (χ1n) is 4.97. The van der Waals surface area contributed by atoms with Gasteiger partial charge in [-0.2, -0.15) is 0 Å². The van der Waals surface area contributed by atoms with Crippen molar-refractivity contribution in [3.8, 4) is 0 Å². The first kappa shape index (κ1) is 10.5. The minimum Gasteiger partial charge on any atom is -0.386 e. The van der Waals surface area contributed by atoms with Gasteiger partial charge in [0, 0.05) is 11.8 Å². The minimum atomic E-state index is -0.554. The fraction of sp³-hybridized carbons (Fsp3) is 0.0769. The van der Waals surface area contributed by atoms with Gasteiger partial charge in [-0.3, -0.25) is 4.79 Å². The molecule has 0 bridgehead atoms. The quantitative estimate of drug-likeness (QED) is 0.773. The van der Waals surface area contributed by atoms with Gasteiger partial charge >= 0.3 is 0 Å². The lowest BCUT2D eigenvalue weighted by Crippen LogP contribution is -1.99. The minimum absolute atomic E-state index is 0.534.